The van der Waals surface area contributed by atoms with E-state index in [4.69, 9.17) is 0 Å². The molecule has 0 fully saturated rings. The van der Waals surface area contributed by atoms with Crippen LogP contribution in [-0.4, -0.2) is 50.2 Å². The number of aliphatic imine (C=N–C) groups is 1. The Hall–Kier alpha value is -2.47. The Morgan fingerprint density at radius 3 is 2.46 bits per heavy atom. The number of carbonyl (C=O) groups excluding carboxylic acids is 1. The van der Waals surface area contributed by atoms with Crippen LogP contribution in [0, 0.1) is 0 Å². The third-order valence-corrected chi connectivity index (χ3v) is 4.95. The van der Waals surface area contributed by atoms with Gasteiger partial charge in [0.2, 0.25) is 0 Å². The van der Waals surface area contributed by atoms with Crippen molar-refractivity contribution in [3.63, 3.8) is 0 Å². The van der Waals surface area contributed by atoms with E-state index in [0.717, 1.165) is 36.6 Å². The molecule has 0 spiro atoms. The molecular weight excluding hydrogens is 368 g/mol. The molecule has 0 aliphatic carbocycles. The molecule has 0 aromatic heterocycles. The Balaban J connectivity index is 1.92. The highest BCUT2D eigenvalue weighted by molar-refractivity contribution is 7.98. The number of hydrogen-bond donors (Lipinski definition) is 2. The molecule has 0 saturated carbocycles. The first-order chi connectivity index (χ1) is 13.5. The van der Waals surface area contributed by atoms with Crippen molar-refractivity contribution in [2.45, 2.75) is 24.8 Å². The van der Waals surface area contributed by atoms with Gasteiger partial charge in [-0.15, -0.1) is 11.8 Å². The third kappa shape index (κ3) is 6.93. The zero-order valence-corrected chi connectivity index (χ0v) is 18.0. The van der Waals surface area contributed by atoms with Crippen LogP contribution in [0.4, 0.5) is 0 Å². The lowest BCUT2D eigenvalue weighted by Crippen LogP contribution is -2.38. The van der Waals surface area contributed by atoms with Gasteiger partial charge in [0.15, 0.2) is 5.96 Å². The molecule has 0 atom stereocenters. The second kappa shape index (κ2) is 11.4. The van der Waals surface area contributed by atoms with Crippen molar-refractivity contribution in [1.29, 1.82) is 0 Å². The third-order valence-electron chi connectivity index (χ3n) is 4.21. The van der Waals surface area contributed by atoms with Gasteiger partial charge in [0.05, 0.1) is 6.54 Å². The lowest BCUT2D eigenvalue weighted by molar-refractivity contribution is 0.0827. The largest absolute Gasteiger partial charge is 0.357 e. The van der Waals surface area contributed by atoms with Gasteiger partial charge in [-0.25, -0.2) is 4.99 Å². The fraction of sp³-hybridized carbons (Fsp3) is 0.364. The van der Waals surface area contributed by atoms with E-state index in [1.165, 1.54) is 10.5 Å². The van der Waals surface area contributed by atoms with Crippen LogP contribution in [0.15, 0.2) is 58.4 Å². The highest BCUT2D eigenvalue weighted by atomic mass is 32.2. The second-order valence-corrected chi connectivity index (χ2v) is 7.50. The van der Waals surface area contributed by atoms with Gasteiger partial charge in [0.1, 0.15) is 0 Å². The van der Waals surface area contributed by atoms with Crippen LogP contribution in [0.2, 0.25) is 0 Å². The number of carbonyl (C=O) groups is 1. The van der Waals surface area contributed by atoms with Crippen molar-refractivity contribution in [3.05, 3.63) is 65.2 Å². The van der Waals surface area contributed by atoms with Crippen LogP contribution < -0.4 is 10.6 Å². The van der Waals surface area contributed by atoms with Crippen LogP contribution in [0.25, 0.3) is 0 Å². The molecule has 2 aromatic rings. The summed E-state index contributed by atoms with van der Waals surface area (Å²) in [5.74, 6) is 0.828. The van der Waals surface area contributed by atoms with E-state index in [2.05, 4.69) is 53.1 Å². The number of rotatable bonds is 8. The van der Waals surface area contributed by atoms with Crippen molar-refractivity contribution < 1.29 is 4.79 Å². The minimum absolute atomic E-state index is 0.0252. The summed E-state index contributed by atoms with van der Waals surface area (Å²) in [5, 5.41) is 6.65. The molecule has 5 nitrogen and oxygen atoms in total. The maximum Gasteiger partial charge on any atom is 0.253 e. The van der Waals surface area contributed by atoms with Gasteiger partial charge in [-0.2, -0.15) is 0 Å². The van der Waals surface area contributed by atoms with Gasteiger partial charge >= 0.3 is 0 Å². The number of thioether (sulfide) groups is 1. The molecule has 2 aromatic carbocycles. The molecule has 0 aliphatic rings. The smallest absolute Gasteiger partial charge is 0.253 e. The number of amides is 1. The normalized spacial score (nSPS) is 11.2. The van der Waals surface area contributed by atoms with E-state index < -0.39 is 0 Å². The van der Waals surface area contributed by atoms with Crippen LogP contribution in [0.5, 0.6) is 0 Å². The Labute approximate surface area is 172 Å². The van der Waals surface area contributed by atoms with E-state index in [-0.39, 0.29) is 5.91 Å². The molecule has 0 saturated heterocycles. The standard InChI is InChI=1S/C22H30N4OS/c1-5-23-22(25-16-18-9-11-20(28-4)12-10-18)24-14-13-17-7-6-8-19(15-17)21(27)26(2)3/h6-12,15H,5,13-14,16H2,1-4H3,(H2,23,24,25). The van der Waals surface area contributed by atoms with E-state index in [1.807, 2.05) is 24.3 Å². The van der Waals surface area contributed by atoms with Gasteiger partial charge in [0.25, 0.3) is 5.91 Å². The van der Waals surface area contributed by atoms with E-state index in [0.29, 0.717) is 6.54 Å². The number of guanidine groups is 1. The zero-order valence-electron chi connectivity index (χ0n) is 17.2. The van der Waals surface area contributed by atoms with Crippen molar-refractivity contribution in [2.24, 2.45) is 4.99 Å². The van der Waals surface area contributed by atoms with Crippen LogP contribution in [0.1, 0.15) is 28.4 Å². The highest BCUT2D eigenvalue weighted by Crippen LogP contribution is 2.15. The van der Waals surface area contributed by atoms with Crippen LogP contribution in [-0.2, 0) is 13.0 Å². The molecule has 0 aliphatic heterocycles. The van der Waals surface area contributed by atoms with Crippen molar-refractivity contribution in [2.75, 3.05) is 33.4 Å². The molecule has 0 heterocycles. The van der Waals surface area contributed by atoms with E-state index >= 15 is 0 Å². The first kappa shape index (κ1) is 21.8. The number of benzene rings is 2. The average Bonchev–Trinajstić information content (AvgIpc) is 2.72. The SMILES string of the molecule is CCNC(=NCc1ccc(SC)cc1)NCCc1cccc(C(=O)N(C)C)c1. The maximum absolute atomic E-state index is 12.1. The molecule has 1 amide bonds. The maximum atomic E-state index is 12.1. The van der Waals surface area contributed by atoms with E-state index in [9.17, 15) is 4.79 Å². The summed E-state index contributed by atoms with van der Waals surface area (Å²) >= 11 is 1.74. The van der Waals surface area contributed by atoms with Crippen molar-refractivity contribution in [1.82, 2.24) is 15.5 Å². The first-order valence-electron chi connectivity index (χ1n) is 9.49. The topological polar surface area (TPSA) is 56.7 Å². The van der Waals surface area contributed by atoms with Gasteiger partial charge in [-0.1, -0.05) is 24.3 Å². The minimum atomic E-state index is 0.0252. The summed E-state index contributed by atoms with van der Waals surface area (Å²) in [6.07, 6.45) is 2.90. The van der Waals surface area contributed by atoms with Crippen LogP contribution in [0.3, 0.4) is 0 Å². The van der Waals surface area contributed by atoms with Gasteiger partial charge < -0.3 is 15.5 Å². The number of nitrogens with one attached hydrogen (secondary N) is 2. The van der Waals surface area contributed by atoms with E-state index in [1.54, 1.807) is 30.8 Å². The fourth-order valence-corrected chi connectivity index (χ4v) is 3.09. The summed E-state index contributed by atoms with van der Waals surface area (Å²) in [6.45, 7) is 4.25. The fourth-order valence-electron chi connectivity index (χ4n) is 2.69. The Bertz CT molecular complexity index is 787. The molecule has 0 unspecified atom stereocenters. The Kier molecular flexibility index (Phi) is 8.88. The zero-order chi connectivity index (χ0) is 20.4. The summed E-state index contributed by atoms with van der Waals surface area (Å²) in [6, 6.07) is 16.3. The highest BCUT2D eigenvalue weighted by Gasteiger charge is 2.08. The van der Waals surface area contributed by atoms with Gasteiger partial charge in [-0.3, -0.25) is 4.79 Å². The second-order valence-electron chi connectivity index (χ2n) is 6.62. The lowest BCUT2D eigenvalue weighted by Gasteiger charge is -2.13. The number of hydrogen-bond acceptors (Lipinski definition) is 3. The average molecular weight is 399 g/mol. The van der Waals surface area contributed by atoms with Crippen molar-refractivity contribution >= 4 is 23.6 Å². The molecule has 2 N–H and O–H groups in total. The summed E-state index contributed by atoms with van der Waals surface area (Å²) in [5.41, 5.74) is 3.03. The predicted molar refractivity (Wildman–Crippen MR) is 119 cm³/mol. The molecular formula is C22H30N4OS. The molecule has 6 heteroatoms. The summed E-state index contributed by atoms with van der Waals surface area (Å²) < 4.78 is 0. The number of nitrogens with zero attached hydrogens (tertiary/aromatic N) is 2. The minimum Gasteiger partial charge on any atom is -0.357 e. The molecule has 2 rings (SSSR count). The predicted octanol–water partition coefficient (Wildman–Crippen LogP) is 3.41. The Morgan fingerprint density at radius 1 is 1.07 bits per heavy atom. The van der Waals surface area contributed by atoms with Gasteiger partial charge in [-0.05, 0) is 55.0 Å². The first-order valence-corrected chi connectivity index (χ1v) is 10.7. The molecule has 150 valence electrons. The molecule has 0 radical (unpaired) electrons. The van der Waals surface area contributed by atoms with Crippen LogP contribution >= 0.6 is 11.8 Å². The summed E-state index contributed by atoms with van der Waals surface area (Å²) in [7, 11) is 3.54. The Morgan fingerprint density at radius 2 is 1.82 bits per heavy atom. The quantitative estimate of drug-likeness (QED) is 0.406. The molecule has 0 bridgehead atoms. The monoisotopic (exact) mass is 398 g/mol. The summed E-state index contributed by atoms with van der Waals surface area (Å²) in [4.78, 5) is 19.6. The van der Waals surface area contributed by atoms with Crippen molar-refractivity contribution in [3.8, 4) is 0 Å². The lowest BCUT2D eigenvalue weighted by atomic mass is 10.1. The molecule has 28 heavy (non-hydrogen) atoms. The van der Waals surface area contributed by atoms with Gasteiger partial charge in [0, 0.05) is 37.6 Å².